The summed E-state index contributed by atoms with van der Waals surface area (Å²) in [5.41, 5.74) is 8.27. The molecule has 0 fully saturated rings. The van der Waals surface area contributed by atoms with Crippen molar-refractivity contribution in [1.82, 2.24) is 10.1 Å². The van der Waals surface area contributed by atoms with Crippen molar-refractivity contribution < 1.29 is 9.26 Å². The van der Waals surface area contributed by atoms with Gasteiger partial charge in [-0.3, -0.25) is 4.99 Å². The van der Waals surface area contributed by atoms with E-state index in [1.54, 1.807) is 0 Å². The Labute approximate surface area is 135 Å². The molecule has 0 atom stereocenters. The van der Waals surface area contributed by atoms with E-state index in [0.717, 1.165) is 41.5 Å². The molecule has 23 heavy (non-hydrogen) atoms. The molecule has 0 saturated heterocycles. The molecule has 2 N–H and O–H groups in total. The summed E-state index contributed by atoms with van der Waals surface area (Å²) in [5, 5.41) is 4.09. The fourth-order valence-electron chi connectivity index (χ4n) is 2.60. The number of nitrogens with zero attached hydrogens (tertiary/aromatic N) is 3. The van der Waals surface area contributed by atoms with E-state index in [9.17, 15) is 0 Å². The molecule has 3 rings (SSSR count). The summed E-state index contributed by atoms with van der Waals surface area (Å²) in [5.74, 6) is 2.42. The number of hydrogen-bond donors (Lipinski definition) is 1. The fourth-order valence-corrected chi connectivity index (χ4v) is 2.60. The lowest BCUT2D eigenvalue weighted by atomic mass is 10.1. The van der Waals surface area contributed by atoms with E-state index in [-0.39, 0.29) is 6.10 Å². The molecule has 1 aromatic carbocycles. The minimum Gasteiger partial charge on any atom is -0.490 e. The van der Waals surface area contributed by atoms with Crippen LogP contribution in [-0.2, 0) is 6.54 Å². The lowest BCUT2D eigenvalue weighted by molar-refractivity contribution is 0.243. The molecule has 0 bridgehead atoms. The predicted molar refractivity (Wildman–Crippen MR) is 89.6 cm³/mol. The van der Waals surface area contributed by atoms with Gasteiger partial charge in [0.2, 0.25) is 0 Å². The van der Waals surface area contributed by atoms with Crippen LogP contribution in [0.3, 0.4) is 0 Å². The van der Waals surface area contributed by atoms with Crippen LogP contribution in [0.2, 0.25) is 0 Å². The summed E-state index contributed by atoms with van der Waals surface area (Å²) in [4.78, 5) is 6.71. The third-order valence-corrected chi connectivity index (χ3v) is 3.70. The third kappa shape index (κ3) is 3.22. The second-order valence-corrected chi connectivity index (χ2v) is 5.89. The van der Waals surface area contributed by atoms with Gasteiger partial charge in [0.15, 0.2) is 5.76 Å². The summed E-state index contributed by atoms with van der Waals surface area (Å²) in [6.45, 7) is 6.11. The van der Waals surface area contributed by atoms with Crippen molar-refractivity contribution in [3.05, 3.63) is 35.6 Å². The molecule has 6 heteroatoms. The molecule has 0 aliphatic carbocycles. The van der Waals surface area contributed by atoms with Crippen LogP contribution >= 0.6 is 0 Å². The van der Waals surface area contributed by atoms with E-state index in [1.807, 2.05) is 45.2 Å². The summed E-state index contributed by atoms with van der Waals surface area (Å²) < 4.78 is 11.2. The number of likely N-dealkylation sites (N-methyl/N-ethyl adjacent to an activating group) is 1. The molecular weight excluding hydrogens is 292 g/mol. The molecule has 2 aromatic rings. The van der Waals surface area contributed by atoms with Crippen molar-refractivity contribution in [2.24, 2.45) is 10.7 Å². The zero-order chi connectivity index (χ0) is 16.4. The SMILES string of the molecule is CC(C)Oc1cc(C2=NCCN2C)ccc1-c1cc(CN)on1. The lowest BCUT2D eigenvalue weighted by Crippen LogP contribution is -2.23. The van der Waals surface area contributed by atoms with Gasteiger partial charge in [0.1, 0.15) is 17.3 Å². The van der Waals surface area contributed by atoms with Gasteiger partial charge in [0.05, 0.1) is 19.2 Å². The summed E-state index contributed by atoms with van der Waals surface area (Å²) in [7, 11) is 2.05. The van der Waals surface area contributed by atoms with Crippen LogP contribution in [0.5, 0.6) is 5.75 Å². The van der Waals surface area contributed by atoms with Crippen molar-refractivity contribution in [3.63, 3.8) is 0 Å². The Kier molecular flexibility index (Phi) is 4.34. The Morgan fingerprint density at radius 3 is 2.78 bits per heavy atom. The molecule has 0 amide bonds. The molecule has 122 valence electrons. The molecule has 1 aliphatic heterocycles. The largest absolute Gasteiger partial charge is 0.490 e. The van der Waals surface area contributed by atoms with Gasteiger partial charge in [-0.1, -0.05) is 11.2 Å². The maximum absolute atomic E-state index is 5.99. The van der Waals surface area contributed by atoms with Crippen molar-refractivity contribution in [2.45, 2.75) is 26.5 Å². The summed E-state index contributed by atoms with van der Waals surface area (Å²) in [6, 6.07) is 7.91. The minimum atomic E-state index is 0.0631. The number of aliphatic imine (C=N–C) groups is 1. The van der Waals surface area contributed by atoms with Crippen LogP contribution in [0.15, 0.2) is 33.8 Å². The van der Waals surface area contributed by atoms with Crippen molar-refractivity contribution in [2.75, 3.05) is 20.1 Å². The van der Waals surface area contributed by atoms with Crippen LogP contribution in [0.25, 0.3) is 11.3 Å². The normalized spacial score (nSPS) is 14.5. The van der Waals surface area contributed by atoms with Gasteiger partial charge in [0, 0.05) is 30.8 Å². The number of benzene rings is 1. The third-order valence-electron chi connectivity index (χ3n) is 3.70. The van der Waals surface area contributed by atoms with Crippen LogP contribution in [0.1, 0.15) is 25.2 Å². The van der Waals surface area contributed by atoms with Gasteiger partial charge in [-0.2, -0.15) is 0 Å². The zero-order valence-corrected chi connectivity index (χ0v) is 13.7. The first-order valence-electron chi connectivity index (χ1n) is 7.81. The van der Waals surface area contributed by atoms with Crippen LogP contribution < -0.4 is 10.5 Å². The first-order valence-corrected chi connectivity index (χ1v) is 7.81. The number of amidine groups is 1. The Balaban J connectivity index is 2.01. The number of hydrogen-bond acceptors (Lipinski definition) is 6. The van der Waals surface area contributed by atoms with Gasteiger partial charge < -0.3 is 19.9 Å². The zero-order valence-electron chi connectivity index (χ0n) is 13.7. The van der Waals surface area contributed by atoms with Crippen LogP contribution in [0, 0.1) is 0 Å². The second kappa shape index (κ2) is 6.42. The topological polar surface area (TPSA) is 76.9 Å². The van der Waals surface area contributed by atoms with Crippen LogP contribution in [0.4, 0.5) is 0 Å². The van der Waals surface area contributed by atoms with Crippen LogP contribution in [-0.4, -0.2) is 42.1 Å². The molecule has 0 spiro atoms. The molecule has 2 heterocycles. The second-order valence-electron chi connectivity index (χ2n) is 5.89. The monoisotopic (exact) mass is 314 g/mol. The molecule has 1 aliphatic rings. The predicted octanol–water partition coefficient (Wildman–Crippen LogP) is 2.28. The van der Waals surface area contributed by atoms with Gasteiger partial charge in [-0.25, -0.2) is 0 Å². The van der Waals surface area contributed by atoms with E-state index in [0.29, 0.717) is 12.3 Å². The van der Waals surface area contributed by atoms with E-state index < -0.39 is 0 Å². The molecule has 1 aromatic heterocycles. The van der Waals surface area contributed by atoms with Gasteiger partial charge in [-0.05, 0) is 26.0 Å². The first-order chi connectivity index (χ1) is 11.1. The Morgan fingerprint density at radius 1 is 1.35 bits per heavy atom. The maximum Gasteiger partial charge on any atom is 0.150 e. The lowest BCUT2D eigenvalue weighted by Gasteiger charge is -2.17. The highest BCUT2D eigenvalue weighted by Gasteiger charge is 2.19. The molecule has 0 saturated carbocycles. The number of aromatic nitrogens is 1. The Morgan fingerprint density at radius 2 is 2.17 bits per heavy atom. The highest BCUT2D eigenvalue weighted by atomic mass is 16.5. The first kappa shape index (κ1) is 15.6. The highest BCUT2D eigenvalue weighted by Crippen LogP contribution is 2.32. The van der Waals surface area contributed by atoms with E-state index >= 15 is 0 Å². The van der Waals surface area contributed by atoms with E-state index in [4.69, 9.17) is 15.0 Å². The molecule has 0 radical (unpaired) electrons. The number of nitrogens with two attached hydrogens (primary N) is 1. The smallest absolute Gasteiger partial charge is 0.150 e. The molecule has 0 unspecified atom stereocenters. The minimum absolute atomic E-state index is 0.0631. The Hall–Kier alpha value is -2.34. The van der Waals surface area contributed by atoms with E-state index in [2.05, 4.69) is 15.0 Å². The Bertz CT molecular complexity index is 721. The number of ether oxygens (including phenoxy) is 1. The van der Waals surface area contributed by atoms with Gasteiger partial charge in [-0.15, -0.1) is 0 Å². The van der Waals surface area contributed by atoms with Crippen molar-refractivity contribution >= 4 is 5.84 Å². The number of rotatable bonds is 5. The average molecular weight is 314 g/mol. The standard InChI is InChI=1S/C17H22N4O2/c1-11(2)22-16-8-12(17-19-6-7-21(17)3)4-5-14(16)15-9-13(10-18)23-20-15/h4-5,8-9,11H,6-7,10,18H2,1-3H3. The average Bonchev–Trinajstić information content (AvgIpc) is 3.15. The van der Waals surface area contributed by atoms with E-state index in [1.165, 1.54) is 0 Å². The summed E-state index contributed by atoms with van der Waals surface area (Å²) >= 11 is 0. The fraction of sp³-hybridized carbons (Fsp3) is 0.412. The van der Waals surface area contributed by atoms with Crippen molar-refractivity contribution in [1.29, 1.82) is 0 Å². The van der Waals surface area contributed by atoms with Crippen molar-refractivity contribution in [3.8, 4) is 17.0 Å². The quantitative estimate of drug-likeness (QED) is 0.916. The highest BCUT2D eigenvalue weighted by molar-refractivity contribution is 6.00. The molecule has 6 nitrogen and oxygen atoms in total. The molecular formula is C17H22N4O2. The maximum atomic E-state index is 5.99. The summed E-state index contributed by atoms with van der Waals surface area (Å²) in [6.07, 6.45) is 0.0631. The van der Waals surface area contributed by atoms with Gasteiger partial charge in [0.25, 0.3) is 0 Å². The van der Waals surface area contributed by atoms with Gasteiger partial charge >= 0.3 is 0 Å².